The molecule has 0 aromatic heterocycles. The van der Waals surface area contributed by atoms with Crippen LogP contribution in [0.1, 0.15) is 17.2 Å². The zero-order valence-electron chi connectivity index (χ0n) is 10.9. The molecular weight excluding hydrogens is 256 g/mol. The van der Waals surface area contributed by atoms with Crippen LogP contribution in [-0.2, 0) is 0 Å². The SMILES string of the molecule is CN(O)C(=O)NC1c2ccccc2Oc2ccccc21. The minimum absolute atomic E-state index is 0.349. The van der Waals surface area contributed by atoms with Gasteiger partial charge >= 0.3 is 6.03 Å². The lowest BCUT2D eigenvalue weighted by molar-refractivity contribution is -0.0191. The van der Waals surface area contributed by atoms with Crippen molar-refractivity contribution < 1.29 is 14.7 Å². The highest BCUT2D eigenvalue weighted by atomic mass is 16.5. The number of hydrogen-bond acceptors (Lipinski definition) is 3. The van der Waals surface area contributed by atoms with Crippen LogP contribution in [-0.4, -0.2) is 23.3 Å². The molecule has 0 saturated carbocycles. The molecule has 5 heteroatoms. The molecule has 0 radical (unpaired) electrons. The van der Waals surface area contributed by atoms with Crippen molar-refractivity contribution in [3.63, 3.8) is 0 Å². The number of para-hydroxylation sites is 2. The Morgan fingerprint density at radius 2 is 1.60 bits per heavy atom. The van der Waals surface area contributed by atoms with E-state index in [1.165, 1.54) is 7.05 Å². The lowest BCUT2D eigenvalue weighted by Gasteiger charge is -2.29. The second-order valence-corrected chi connectivity index (χ2v) is 4.58. The highest BCUT2D eigenvalue weighted by Crippen LogP contribution is 2.42. The minimum atomic E-state index is -0.568. The third-order valence-electron chi connectivity index (χ3n) is 3.24. The fraction of sp³-hybridized carbons (Fsp3) is 0.133. The minimum Gasteiger partial charge on any atom is -0.457 e. The molecule has 0 aliphatic carbocycles. The monoisotopic (exact) mass is 270 g/mol. The lowest BCUT2D eigenvalue weighted by atomic mass is 9.95. The van der Waals surface area contributed by atoms with Crippen LogP contribution in [0.4, 0.5) is 4.79 Å². The van der Waals surface area contributed by atoms with E-state index in [0.717, 1.165) is 11.1 Å². The molecule has 0 spiro atoms. The Morgan fingerprint density at radius 1 is 1.10 bits per heavy atom. The topological polar surface area (TPSA) is 61.8 Å². The van der Waals surface area contributed by atoms with Crippen LogP contribution < -0.4 is 10.1 Å². The summed E-state index contributed by atoms with van der Waals surface area (Å²) in [5, 5.41) is 12.6. The van der Waals surface area contributed by atoms with Gasteiger partial charge in [0.25, 0.3) is 0 Å². The molecule has 3 rings (SSSR count). The molecule has 2 aromatic rings. The van der Waals surface area contributed by atoms with E-state index in [1.807, 2.05) is 48.5 Å². The van der Waals surface area contributed by atoms with Gasteiger partial charge in [-0.05, 0) is 12.1 Å². The maximum atomic E-state index is 11.8. The number of hydrogen-bond donors (Lipinski definition) is 2. The van der Waals surface area contributed by atoms with Crippen molar-refractivity contribution in [1.29, 1.82) is 0 Å². The van der Waals surface area contributed by atoms with Crippen LogP contribution in [0.3, 0.4) is 0 Å². The number of benzene rings is 2. The predicted molar refractivity (Wildman–Crippen MR) is 72.9 cm³/mol. The Bertz CT molecular complexity index is 610. The summed E-state index contributed by atoms with van der Waals surface area (Å²) in [6.07, 6.45) is 0. The first-order valence-corrected chi connectivity index (χ1v) is 6.25. The number of rotatable bonds is 1. The van der Waals surface area contributed by atoms with Crippen molar-refractivity contribution in [3.8, 4) is 11.5 Å². The number of nitrogens with zero attached hydrogens (tertiary/aromatic N) is 1. The van der Waals surface area contributed by atoms with E-state index in [9.17, 15) is 10.0 Å². The van der Waals surface area contributed by atoms with E-state index >= 15 is 0 Å². The standard InChI is InChI=1S/C15H14N2O3/c1-17(19)15(18)16-14-10-6-2-4-8-12(10)20-13-9-5-3-7-11(13)14/h2-9,14,19H,1H3,(H,16,18). The molecule has 102 valence electrons. The number of urea groups is 1. The molecule has 0 atom stereocenters. The van der Waals surface area contributed by atoms with Gasteiger partial charge in [-0.25, -0.2) is 9.86 Å². The lowest BCUT2D eigenvalue weighted by Crippen LogP contribution is -2.38. The van der Waals surface area contributed by atoms with Gasteiger partial charge < -0.3 is 10.1 Å². The van der Waals surface area contributed by atoms with Crippen molar-refractivity contribution in [2.24, 2.45) is 0 Å². The van der Waals surface area contributed by atoms with E-state index < -0.39 is 6.03 Å². The summed E-state index contributed by atoms with van der Waals surface area (Å²) in [6, 6.07) is 14.1. The Balaban J connectivity index is 2.05. The first-order valence-electron chi connectivity index (χ1n) is 6.25. The summed E-state index contributed by atoms with van der Waals surface area (Å²) in [6.45, 7) is 0. The molecule has 2 aromatic carbocycles. The number of amides is 2. The smallest absolute Gasteiger partial charge is 0.341 e. The fourth-order valence-electron chi connectivity index (χ4n) is 2.28. The Hall–Kier alpha value is -2.53. The van der Waals surface area contributed by atoms with Crippen molar-refractivity contribution >= 4 is 6.03 Å². The summed E-state index contributed by atoms with van der Waals surface area (Å²) in [5.74, 6) is 1.41. The zero-order valence-corrected chi connectivity index (χ0v) is 10.9. The predicted octanol–water partition coefficient (Wildman–Crippen LogP) is 2.91. The Kier molecular flexibility index (Phi) is 3.04. The van der Waals surface area contributed by atoms with Gasteiger partial charge in [-0.15, -0.1) is 0 Å². The molecule has 2 N–H and O–H groups in total. The van der Waals surface area contributed by atoms with Crippen LogP contribution in [0.5, 0.6) is 11.5 Å². The molecule has 1 heterocycles. The average molecular weight is 270 g/mol. The van der Waals surface area contributed by atoms with Crippen LogP contribution in [0.25, 0.3) is 0 Å². The van der Waals surface area contributed by atoms with Crippen LogP contribution in [0.2, 0.25) is 0 Å². The van der Waals surface area contributed by atoms with Crippen molar-refractivity contribution in [2.45, 2.75) is 6.04 Å². The summed E-state index contributed by atoms with van der Waals surface area (Å²) >= 11 is 0. The van der Waals surface area contributed by atoms with E-state index in [1.54, 1.807) is 0 Å². The molecule has 2 amide bonds. The van der Waals surface area contributed by atoms with E-state index in [4.69, 9.17) is 4.74 Å². The fourth-order valence-corrected chi connectivity index (χ4v) is 2.28. The number of hydroxylamine groups is 2. The second kappa shape index (κ2) is 4.86. The zero-order chi connectivity index (χ0) is 14.1. The van der Waals surface area contributed by atoms with Gasteiger partial charge in [0.2, 0.25) is 0 Å². The van der Waals surface area contributed by atoms with Crippen molar-refractivity contribution in [3.05, 3.63) is 59.7 Å². The molecule has 5 nitrogen and oxygen atoms in total. The maximum absolute atomic E-state index is 11.8. The van der Waals surface area contributed by atoms with Gasteiger partial charge in [-0.1, -0.05) is 36.4 Å². The van der Waals surface area contributed by atoms with Gasteiger partial charge in [0.15, 0.2) is 0 Å². The average Bonchev–Trinajstić information content (AvgIpc) is 2.46. The Morgan fingerprint density at radius 3 is 2.10 bits per heavy atom. The summed E-state index contributed by atoms with van der Waals surface area (Å²) < 4.78 is 5.82. The summed E-state index contributed by atoms with van der Waals surface area (Å²) in [5.41, 5.74) is 1.72. The van der Waals surface area contributed by atoms with Crippen molar-refractivity contribution in [2.75, 3.05) is 7.05 Å². The normalized spacial score (nSPS) is 12.9. The first kappa shape index (κ1) is 12.5. The van der Waals surface area contributed by atoms with Crippen LogP contribution in [0, 0.1) is 0 Å². The highest BCUT2D eigenvalue weighted by molar-refractivity contribution is 5.74. The quantitative estimate of drug-likeness (QED) is 0.618. The van der Waals surface area contributed by atoms with Crippen molar-refractivity contribution in [1.82, 2.24) is 10.4 Å². The molecule has 0 bridgehead atoms. The van der Waals surface area contributed by atoms with E-state index in [-0.39, 0.29) is 6.04 Å². The van der Waals surface area contributed by atoms with Gasteiger partial charge in [0.1, 0.15) is 11.5 Å². The van der Waals surface area contributed by atoms with Gasteiger partial charge in [0.05, 0.1) is 6.04 Å². The van der Waals surface area contributed by atoms with E-state index in [0.29, 0.717) is 16.6 Å². The van der Waals surface area contributed by atoms with Gasteiger partial charge in [0, 0.05) is 18.2 Å². The van der Waals surface area contributed by atoms with Crippen LogP contribution in [0.15, 0.2) is 48.5 Å². The third kappa shape index (κ3) is 2.08. The number of carbonyl (C=O) groups is 1. The first-order chi connectivity index (χ1) is 9.66. The highest BCUT2D eigenvalue weighted by Gasteiger charge is 2.28. The Labute approximate surface area is 116 Å². The molecule has 0 fully saturated rings. The molecular formula is C15H14N2O3. The molecule has 1 aliphatic rings. The maximum Gasteiger partial charge on any atom is 0.341 e. The summed E-state index contributed by atoms with van der Waals surface area (Å²) in [7, 11) is 1.28. The van der Waals surface area contributed by atoms with Gasteiger partial charge in [-0.3, -0.25) is 5.21 Å². The molecule has 0 saturated heterocycles. The number of ether oxygens (including phenoxy) is 1. The molecule has 0 unspecified atom stereocenters. The van der Waals surface area contributed by atoms with Crippen LogP contribution >= 0.6 is 0 Å². The molecule has 1 aliphatic heterocycles. The number of fused-ring (bicyclic) bond motifs is 2. The largest absolute Gasteiger partial charge is 0.457 e. The third-order valence-corrected chi connectivity index (χ3v) is 3.24. The van der Waals surface area contributed by atoms with Gasteiger partial charge in [-0.2, -0.15) is 0 Å². The second-order valence-electron chi connectivity index (χ2n) is 4.58. The number of carbonyl (C=O) groups excluding carboxylic acids is 1. The molecule has 20 heavy (non-hydrogen) atoms. The van der Waals surface area contributed by atoms with E-state index in [2.05, 4.69) is 5.32 Å². The summed E-state index contributed by atoms with van der Waals surface area (Å²) in [4.78, 5) is 11.8. The number of nitrogens with one attached hydrogen (secondary N) is 1.